The molecule has 0 radical (unpaired) electrons. The van der Waals surface area contributed by atoms with Gasteiger partial charge in [0.1, 0.15) is 17.6 Å². The molecular formula is C21H18O7. The SMILES string of the molecule is COc1ccc(-c2coc3c(C)c(OC(C)=O)c(OC(C)=O)cc3c2=O)cc1. The average Bonchev–Trinajstić information content (AvgIpc) is 2.65. The number of aryl methyl sites for hydroxylation is 1. The van der Waals surface area contributed by atoms with Crippen LogP contribution in [0.1, 0.15) is 19.4 Å². The monoisotopic (exact) mass is 382 g/mol. The van der Waals surface area contributed by atoms with Crippen molar-refractivity contribution in [3.05, 3.63) is 52.4 Å². The zero-order valence-electron chi connectivity index (χ0n) is 15.8. The Kier molecular flexibility index (Phi) is 5.17. The lowest BCUT2D eigenvalue weighted by molar-refractivity contribution is -0.134. The molecule has 1 aromatic heterocycles. The van der Waals surface area contributed by atoms with Crippen LogP contribution < -0.4 is 19.6 Å². The molecule has 0 atom stereocenters. The number of carbonyl (C=O) groups excluding carboxylic acids is 2. The number of hydrogen-bond donors (Lipinski definition) is 0. The quantitative estimate of drug-likeness (QED) is 0.502. The molecule has 0 aliphatic heterocycles. The smallest absolute Gasteiger partial charge is 0.308 e. The second-order valence-electron chi connectivity index (χ2n) is 6.10. The van der Waals surface area contributed by atoms with Crippen molar-refractivity contribution in [3.63, 3.8) is 0 Å². The van der Waals surface area contributed by atoms with Crippen LogP contribution in [0.4, 0.5) is 0 Å². The van der Waals surface area contributed by atoms with Crippen LogP contribution in [0.25, 0.3) is 22.1 Å². The predicted molar refractivity (Wildman–Crippen MR) is 102 cm³/mol. The molecule has 7 heteroatoms. The number of hydrogen-bond acceptors (Lipinski definition) is 7. The summed E-state index contributed by atoms with van der Waals surface area (Å²) in [6.45, 7) is 4.06. The molecule has 0 fully saturated rings. The summed E-state index contributed by atoms with van der Waals surface area (Å²) in [7, 11) is 1.55. The summed E-state index contributed by atoms with van der Waals surface area (Å²) in [5.74, 6) is -0.522. The Hall–Kier alpha value is -3.61. The lowest BCUT2D eigenvalue weighted by Crippen LogP contribution is -2.11. The van der Waals surface area contributed by atoms with Crippen LogP contribution in [-0.2, 0) is 9.59 Å². The van der Waals surface area contributed by atoms with E-state index in [1.165, 1.54) is 26.2 Å². The van der Waals surface area contributed by atoms with E-state index < -0.39 is 11.9 Å². The van der Waals surface area contributed by atoms with Crippen LogP contribution in [0.3, 0.4) is 0 Å². The lowest BCUT2D eigenvalue weighted by Gasteiger charge is -2.13. The number of ether oxygens (including phenoxy) is 3. The molecule has 0 N–H and O–H groups in total. The molecule has 0 unspecified atom stereocenters. The molecule has 3 aromatic rings. The first-order valence-electron chi connectivity index (χ1n) is 8.42. The lowest BCUT2D eigenvalue weighted by atomic mass is 10.0. The fourth-order valence-corrected chi connectivity index (χ4v) is 2.86. The Labute approximate surface area is 160 Å². The van der Waals surface area contributed by atoms with E-state index >= 15 is 0 Å². The Morgan fingerprint density at radius 1 is 1.00 bits per heavy atom. The summed E-state index contributed by atoms with van der Waals surface area (Å²) in [6, 6.07) is 8.30. The fraction of sp³-hybridized carbons (Fsp3) is 0.190. The average molecular weight is 382 g/mol. The second-order valence-corrected chi connectivity index (χ2v) is 6.10. The minimum atomic E-state index is -0.608. The molecule has 7 nitrogen and oxygen atoms in total. The number of rotatable bonds is 4. The van der Waals surface area contributed by atoms with Gasteiger partial charge in [-0.25, -0.2) is 0 Å². The van der Waals surface area contributed by atoms with Gasteiger partial charge in [-0.05, 0) is 30.7 Å². The van der Waals surface area contributed by atoms with Gasteiger partial charge in [-0.3, -0.25) is 14.4 Å². The van der Waals surface area contributed by atoms with Gasteiger partial charge >= 0.3 is 11.9 Å². The highest BCUT2D eigenvalue weighted by atomic mass is 16.6. The largest absolute Gasteiger partial charge is 0.497 e. The van der Waals surface area contributed by atoms with E-state index in [-0.39, 0.29) is 27.9 Å². The van der Waals surface area contributed by atoms with Gasteiger partial charge in [-0.2, -0.15) is 0 Å². The van der Waals surface area contributed by atoms with Gasteiger partial charge in [0.2, 0.25) is 5.43 Å². The molecule has 28 heavy (non-hydrogen) atoms. The third-order valence-corrected chi connectivity index (χ3v) is 4.11. The fourth-order valence-electron chi connectivity index (χ4n) is 2.86. The molecule has 0 amide bonds. The highest BCUT2D eigenvalue weighted by Gasteiger charge is 2.21. The van der Waals surface area contributed by atoms with Gasteiger partial charge in [-0.1, -0.05) is 12.1 Å². The van der Waals surface area contributed by atoms with Gasteiger partial charge in [0.15, 0.2) is 11.5 Å². The minimum Gasteiger partial charge on any atom is -0.497 e. The first kappa shape index (κ1) is 19.2. The maximum Gasteiger partial charge on any atom is 0.308 e. The van der Waals surface area contributed by atoms with E-state index in [1.54, 1.807) is 38.3 Å². The highest BCUT2D eigenvalue weighted by molar-refractivity contribution is 5.89. The van der Waals surface area contributed by atoms with Gasteiger partial charge in [0, 0.05) is 19.4 Å². The standard InChI is InChI=1S/C21H18O7/c1-11-20-16(9-18(27-12(2)22)21(11)28-13(3)23)19(24)17(10-26-20)14-5-7-15(25-4)8-6-14/h5-10H,1-4H3. The van der Waals surface area contributed by atoms with E-state index in [0.29, 0.717) is 22.4 Å². The third-order valence-electron chi connectivity index (χ3n) is 4.11. The second kappa shape index (κ2) is 7.56. The van der Waals surface area contributed by atoms with Crippen LogP contribution in [-0.4, -0.2) is 19.0 Å². The number of carbonyl (C=O) groups is 2. The first-order valence-corrected chi connectivity index (χ1v) is 8.42. The van der Waals surface area contributed by atoms with Crippen molar-refractivity contribution in [2.75, 3.05) is 7.11 Å². The predicted octanol–water partition coefficient (Wildman–Crippen LogP) is 3.63. The van der Waals surface area contributed by atoms with Crippen molar-refractivity contribution in [3.8, 4) is 28.4 Å². The molecular weight excluding hydrogens is 364 g/mol. The van der Waals surface area contributed by atoms with Crippen molar-refractivity contribution >= 4 is 22.9 Å². The van der Waals surface area contributed by atoms with Crippen LogP contribution in [0.2, 0.25) is 0 Å². The van der Waals surface area contributed by atoms with Crippen molar-refractivity contribution < 1.29 is 28.2 Å². The zero-order valence-corrected chi connectivity index (χ0v) is 15.8. The molecule has 0 saturated carbocycles. The van der Waals surface area contributed by atoms with E-state index in [2.05, 4.69) is 0 Å². The summed E-state index contributed by atoms with van der Waals surface area (Å²) < 4.78 is 21.1. The van der Waals surface area contributed by atoms with Gasteiger partial charge in [-0.15, -0.1) is 0 Å². The number of fused-ring (bicyclic) bond motifs is 1. The van der Waals surface area contributed by atoms with Crippen LogP contribution >= 0.6 is 0 Å². The normalized spacial score (nSPS) is 10.6. The van der Waals surface area contributed by atoms with Crippen LogP contribution in [0.15, 0.2) is 45.8 Å². The van der Waals surface area contributed by atoms with Gasteiger partial charge < -0.3 is 18.6 Å². The van der Waals surface area contributed by atoms with E-state index in [4.69, 9.17) is 18.6 Å². The Balaban J connectivity index is 2.24. The molecule has 2 aromatic carbocycles. The summed E-state index contributed by atoms with van der Waals surface area (Å²) >= 11 is 0. The molecule has 0 bridgehead atoms. The molecule has 0 spiro atoms. The molecule has 3 rings (SSSR count). The minimum absolute atomic E-state index is 0.0214. The maximum atomic E-state index is 13.1. The maximum absolute atomic E-state index is 13.1. The highest BCUT2D eigenvalue weighted by Crippen LogP contribution is 2.37. The first-order chi connectivity index (χ1) is 13.3. The van der Waals surface area contributed by atoms with E-state index in [1.807, 2.05) is 0 Å². The van der Waals surface area contributed by atoms with Gasteiger partial charge in [0.05, 0.1) is 18.1 Å². The van der Waals surface area contributed by atoms with Crippen molar-refractivity contribution in [1.82, 2.24) is 0 Å². The molecule has 0 aliphatic carbocycles. The van der Waals surface area contributed by atoms with E-state index in [9.17, 15) is 14.4 Å². The summed E-state index contributed by atoms with van der Waals surface area (Å²) in [4.78, 5) is 36.0. The Morgan fingerprint density at radius 2 is 1.64 bits per heavy atom. The van der Waals surface area contributed by atoms with Crippen molar-refractivity contribution in [2.24, 2.45) is 0 Å². The van der Waals surface area contributed by atoms with Crippen LogP contribution in [0.5, 0.6) is 17.2 Å². The molecule has 0 aliphatic rings. The number of benzene rings is 2. The summed E-state index contributed by atoms with van der Waals surface area (Å²) in [5.41, 5.74) is 1.30. The molecule has 144 valence electrons. The zero-order chi connectivity index (χ0) is 20.4. The number of methoxy groups -OCH3 is 1. The Bertz CT molecular complexity index is 1120. The summed E-state index contributed by atoms with van der Waals surface area (Å²) in [6.07, 6.45) is 1.35. The molecule has 1 heterocycles. The van der Waals surface area contributed by atoms with Crippen molar-refractivity contribution in [1.29, 1.82) is 0 Å². The molecule has 0 saturated heterocycles. The summed E-state index contributed by atoms with van der Waals surface area (Å²) in [5, 5.41) is 0.206. The third kappa shape index (κ3) is 3.59. The van der Waals surface area contributed by atoms with Crippen LogP contribution in [0, 0.1) is 6.92 Å². The topological polar surface area (TPSA) is 92.0 Å². The van der Waals surface area contributed by atoms with Gasteiger partial charge in [0.25, 0.3) is 0 Å². The van der Waals surface area contributed by atoms with Crippen molar-refractivity contribution in [2.45, 2.75) is 20.8 Å². The van der Waals surface area contributed by atoms with E-state index in [0.717, 1.165) is 0 Å². The Morgan fingerprint density at radius 3 is 2.21 bits per heavy atom. The number of esters is 2.